The highest BCUT2D eigenvalue weighted by atomic mass is 32.2. The highest BCUT2D eigenvalue weighted by Crippen LogP contribution is 2.21. The molecule has 0 radical (unpaired) electrons. The van der Waals surface area contributed by atoms with E-state index >= 15 is 0 Å². The van der Waals surface area contributed by atoms with Crippen molar-refractivity contribution in [2.24, 2.45) is 5.73 Å². The number of nitrogens with one attached hydrogen (secondary N) is 1. The summed E-state index contributed by atoms with van der Waals surface area (Å²) in [5, 5.41) is 12.4. The quantitative estimate of drug-likeness (QED) is 0.569. The number of amides is 1. The van der Waals surface area contributed by atoms with E-state index in [1.54, 1.807) is 12.1 Å². The lowest BCUT2D eigenvalue weighted by Gasteiger charge is -2.16. The first-order valence-corrected chi connectivity index (χ1v) is 11.1. The van der Waals surface area contributed by atoms with Gasteiger partial charge in [0.25, 0.3) is 0 Å². The van der Waals surface area contributed by atoms with Crippen molar-refractivity contribution in [1.82, 2.24) is 5.32 Å². The topological polar surface area (TPSA) is 92.4 Å². The minimum atomic E-state index is -0.955. The monoisotopic (exact) mass is 402 g/mol. The Kier molecular flexibility index (Phi) is 8.67. The van der Waals surface area contributed by atoms with Gasteiger partial charge in [-0.15, -0.1) is 0 Å². The van der Waals surface area contributed by atoms with Gasteiger partial charge in [-0.25, -0.2) is 0 Å². The summed E-state index contributed by atoms with van der Waals surface area (Å²) in [5.41, 5.74) is 10.1. The second kappa shape index (κ2) is 11.0. The number of aromatic hydroxyl groups is 1. The Morgan fingerprint density at radius 3 is 2.43 bits per heavy atom. The number of phenolic OH excluding ortho intramolecular Hbond substituents is 1. The van der Waals surface area contributed by atoms with E-state index in [1.807, 2.05) is 32.0 Å². The van der Waals surface area contributed by atoms with E-state index in [4.69, 9.17) is 5.73 Å². The first kappa shape index (κ1) is 22.1. The fourth-order valence-corrected chi connectivity index (χ4v) is 4.21. The standard InChI is InChI=1S/C22H30N2O3S/c1-16-13-19(25)14-17(2)20(16)15-21(23)22(26)24-10-12-28(27)11-6-9-18-7-4-3-5-8-18/h3-5,7-8,13-14,21,25H,6,9-12,15,23H2,1-2H3,(H,24,26). The van der Waals surface area contributed by atoms with Crippen molar-refractivity contribution in [2.45, 2.75) is 39.2 Å². The molecule has 5 nitrogen and oxygen atoms in total. The number of hydrogen-bond donors (Lipinski definition) is 3. The Bertz CT molecular complexity index is 786. The summed E-state index contributed by atoms with van der Waals surface area (Å²) in [7, 11) is -0.955. The number of phenols is 1. The van der Waals surface area contributed by atoms with Crippen LogP contribution >= 0.6 is 0 Å². The Morgan fingerprint density at radius 2 is 1.79 bits per heavy atom. The molecule has 0 heterocycles. The zero-order valence-electron chi connectivity index (χ0n) is 16.6. The molecule has 0 aliphatic rings. The molecule has 4 N–H and O–H groups in total. The Labute approximate surface area is 169 Å². The number of carbonyl (C=O) groups excluding carboxylic acids is 1. The molecule has 0 saturated heterocycles. The molecule has 6 heteroatoms. The molecule has 2 atom stereocenters. The van der Waals surface area contributed by atoms with Crippen LogP contribution in [0.5, 0.6) is 5.75 Å². The lowest BCUT2D eigenvalue weighted by Crippen LogP contribution is -2.43. The SMILES string of the molecule is Cc1cc(O)cc(C)c1CC(N)C(=O)NCCS(=O)CCCc1ccccc1. The van der Waals surface area contributed by atoms with E-state index in [0.717, 1.165) is 29.5 Å². The van der Waals surface area contributed by atoms with Gasteiger partial charge in [-0.1, -0.05) is 30.3 Å². The van der Waals surface area contributed by atoms with Crippen molar-refractivity contribution >= 4 is 16.7 Å². The van der Waals surface area contributed by atoms with Crippen LogP contribution in [-0.2, 0) is 28.4 Å². The molecule has 0 bridgehead atoms. The third-order valence-electron chi connectivity index (χ3n) is 4.75. The number of nitrogens with two attached hydrogens (primary N) is 1. The van der Waals surface area contributed by atoms with Gasteiger partial charge in [-0.3, -0.25) is 9.00 Å². The van der Waals surface area contributed by atoms with Gasteiger partial charge in [-0.2, -0.15) is 0 Å². The molecule has 0 fully saturated rings. The first-order valence-electron chi connectivity index (χ1n) is 9.58. The Morgan fingerprint density at radius 1 is 1.14 bits per heavy atom. The molecule has 2 aromatic carbocycles. The molecule has 0 spiro atoms. The van der Waals surface area contributed by atoms with Crippen LogP contribution in [0, 0.1) is 13.8 Å². The lowest BCUT2D eigenvalue weighted by molar-refractivity contribution is -0.122. The fourth-order valence-electron chi connectivity index (χ4n) is 3.21. The van der Waals surface area contributed by atoms with Crippen molar-refractivity contribution in [3.63, 3.8) is 0 Å². The number of carbonyl (C=O) groups is 1. The number of hydrogen-bond acceptors (Lipinski definition) is 4. The molecule has 152 valence electrons. The van der Waals surface area contributed by atoms with Gasteiger partial charge < -0.3 is 16.2 Å². The molecule has 0 aliphatic carbocycles. The van der Waals surface area contributed by atoms with Crippen LogP contribution in [0.25, 0.3) is 0 Å². The third kappa shape index (κ3) is 7.09. The predicted octanol–water partition coefficient (Wildman–Crippen LogP) is 2.38. The van der Waals surface area contributed by atoms with Crippen LogP contribution in [0.3, 0.4) is 0 Å². The maximum absolute atomic E-state index is 12.2. The van der Waals surface area contributed by atoms with Gasteiger partial charge in [-0.05, 0) is 67.5 Å². The summed E-state index contributed by atoms with van der Waals surface area (Å²) in [4.78, 5) is 12.2. The lowest BCUT2D eigenvalue weighted by atomic mass is 9.96. The third-order valence-corrected chi connectivity index (χ3v) is 6.15. The Hall–Kier alpha value is -2.18. The molecule has 28 heavy (non-hydrogen) atoms. The largest absolute Gasteiger partial charge is 0.508 e. The smallest absolute Gasteiger partial charge is 0.237 e. The molecule has 0 saturated carbocycles. The van der Waals surface area contributed by atoms with E-state index in [-0.39, 0.29) is 11.7 Å². The van der Waals surface area contributed by atoms with Crippen molar-refractivity contribution in [2.75, 3.05) is 18.1 Å². The molecule has 1 amide bonds. The van der Waals surface area contributed by atoms with E-state index in [9.17, 15) is 14.1 Å². The van der Waals surface area contributed by atoms with Gasteiger partial charge in [0.05, 0.1) is 6.04 Å². The maximum atomic E-state index is 12.2. The van der Waals surface area contributed by atoms with E-state index in [0.29, 0.717) is 24.5 Å². The molecule has 2 unspecified atom stereocenters. The minimum Gasteiger partial charge on any atom is -0.508 e. The minimum absolute atomic E-state index is 0.214. The molecule has 2 rings (SSSR count). The molecule has 0 aromatic heterocycles. The zero-order valence-corrected chi connectivity index (χ0v) is 17.4. The predicted molar refractivity (Wildman–Crippen MR) is 115 cm³/mol. The van der Waals surface area contributed by atoms with Gasteiger partial charge in [0, 0.05) is 28.9 Å². The van der Waals surface area contributed by atoms with E-state index in [2.05, 4.69) is 17.4 Å². The van der Waals surface area contributed by atoms with Crippen LogP contribution in [0.15, 0.2) is 42.5 Å². The van der Waals surface area contributed by atoms with E-state index in [1.165, 1.54) is 5.56 Å². The summed E-state index contributed by atoms with van der Waals surface area (Å²) in [6, 6.07) is 12.8. The Balaban J connectivity index is 1.69. The molecular weight excluding hydrogens is 372 g/mol. The summed E-state index contributed by atoms with van der Waals surface area (Å²) in [6.45, 7) is 4.15. The molecule has 2 aromatic rings. The number of benzene rings is 2. The average molecular weight is 403 g/mol. The highest BCUT2D eigenvalue weighted by molar-refractivity contribution is 7.84. The normalized spacial score (nSPS) is 13.1. The van der Waals surface area contributed by atoms with Crippen LogP contribution in [0.1, 0.15) is 28.7 Å². The van der Waals surface area contributed by atoms with Gasteiger partial charge in [0.2, 0.25) is 5.91 Å². The van der Waals surface area contributed by atoms with Crippen molar-refractivity contribution < 1.29 is 14.1 Å². The second-order valence-corrected chi connectivity index (χ2v) is 8.79. The van der Waals surface area contributed by atoms with Crippen LogP contribution in [0.2, 0.25) is 0 Å². The number of rotatable bonds is 10. The number of aryl methyl sites for hydroxylation is 3. The van der Waals surface area contributed by atoms with Gasteiger partial charge >= 0.3 is 0 Å². The fraction of sp³-hybridized carbons (Fsp3) is 0.409. The van der Waals surface area contributed by atoms with Crippen LogP contribution in [-0.4, -0.2) is 39.3 Å². The van der Waals surface area contributed by atoms with Crippen LogP contribution < -0.4 is 11.1 Å². The van der Waals surface area contributed by atoms with Crippen molar-refractivity contribution in [3.05, 3.63) is 64.7 Å². The first-order chi connectivity index (χ1) is 13.4. The van der Waals surface area contributed by atoms with Crippen molar-refractivity contribution in [1.29, 1.82) is 0 Å². The van der Waals surface area contributed by atoms with Crippen molar-refractivity contribution in [3.8, 4) is 5.75 Å². The summed E-state index contributed by atoms with van der Waals surface area (Å²) < 4.78 is 12.1. The highest BCUT2D eigenvalue weighted by Gasteiger charge is 2.17. The summed E-state index contributed by atoms with van der Waals surface area (Å²) in [6.07, 6.45) is 2.18. The van der Waals surface area contributed by atoms with Gasteiger partial charge in [0.1, 0.15) is 5.75 Å². The maximum Gasteiger partial charge on any atom is 0.237 e. The zero-order chi connectivity index (χ0) is 20.5. The van der Waals surface area contributed by atoms with Crippen LogP contribution in [0.4, 0.5) is 0 Å². The molecular formula is C22H30N2O3S. The van der Waals surface area contributed by atoms with E-state index < -0.39 is 16.8 Å². The van der Waals surface area contributed by atoms with Gasteiger partial charge in [0.15, 0.2) is 0 Å². The summed E-state index contributed by atoms with van der Waals surface area (Å²) >= 11 is 0. The summed E-state index contributed by atoms with van der Waals surface area (Å²) in [5.74, 6) is 1.03. The molecule has 0 aliphatic heterocycles. The second-order valence-electron chi connectivity index (χ2n) is 7.10. The average Bonchev–Trinajstić information content (AvgIpc) is 2.65.